The highest BCUT2D eigenvalue weighted by atomic mass is 16.7. The molecule has 0 unspecified atom stereocenters. The highest BCUT2D eigenvalue weighted by Crippen LogP contribution is 2.69. The molecule has 0 aromatic carbocycles. The third-order valence-electron chi connectivity index (χ3n) is 7.48. The zero-order valence-electron chi connectivity index (χ0n) is 16.0. The number of carbonyl (C=O) groups excluding carboxylic acids is 2. The van der Waals surface area contributed by atoms with Crippen molar-refractivity contribution in [1.29, 1.82) is 0 Å². The molecule has 2 aliphatic carbocycles. The molecule has 152 valence electrons. The molecule has 3 heterocycles. The van der Waals surface area contributed by atoms with Crippen molar-refractivity contribution in [3.8, 4) is 0 Å². The number of ether oxygens (including phenoxy) is 4. The van der Waals surface area contributed by atoms with Crippen LogP contribution in [0.5, 0.6) is 0 Å². The van der Waals surface area contributed by atoms with E-state index in [1.165, 1.54) is 0 Å². The van der Waals surface area contributed by atoms with Gasteiger partial charge in [-0.25, -0.2) is 9.59 Å². The number of allylic oxidation sites excluding steroid dienone is 1. The Kier molecular flexibility index (Phi) is 3.43. The van der Waals surface area contributed by atoms with Gasteiger partial charge in [-0.05, 0) is 20.8 Å². The molecule has 5 rings (SSSR count). The molecule has 8 heteroatoms. The molecule has 0 bridgehead atoms. The maximum Gasteiger partial charge on any atom is 0.334 e. The maximum atomic E-state index is 12.5. The van der Waals surface area contributed by atoms with Crippen LogP contribution in [0.2, 0.25) is 0 Å². The standard InChI is InChI=1S/C20H24O8/c1-5-8(2)16(22)26-10-6-19(7-25-19)13-12(21)15-18(4,28-15)20(13,24)14-11(10)9(3)17(23)27-14/h5,10-15,21,24H,3,6-7H2,1-2,4H3/b8-5-/t10-,11-,12+,13+,14+,15-,18-,19-,20-/m1/s1. The highest BCUT2D eigenvalue weighted by Gasteiger charge is 2.88. The van der Waals surface area contributed by atoms with Gasteiger partial charge in [-0.15, -0.1) is 0 Å². The molecule has 5 aliphatic rings. The molecule has 0 radical (unpaired) electrons. The summed E-state index contributed by atoms with van der Waals surface area (Å²) in [4.78, 5) is 24.8. The summed E-state index contributed by atoms with van der Waals surface area (Å²) in [5.41, 5.74) is -3.03. The summed E-state index contributed by atoms with van der Waals surface area (Å²) in [7, 11) is 0. The average molecular weight is 392 g/mol. The fourth-order valence-electron chi connectivity index (χ4n) is 5.68. The summed E-state index contributed by atoms with van der Waals surface area (Å²) in [6.45, 7) is 9.24. The van der Waals surface area contributed by atoms with E-state index in [2.05, 4.69) is 6.58 Å². The Morgan fingerprint density at radius 3 is 2.68 bits per heavy atom. The summed E-state index contributed by atoms with van der Waals surface area (Å²) in [5, 5.41) is 22.8. The van der Waals surface area contributed by atoms with Gasteiger partial charge in [-0.2, -0.15) is 0 Å². The van der Waals surface area contributed by atoms with Gasteiger partial charge in [-0.3, -0.25) is 0 Å². The predicted octanol–water partition coefficient (Wildman–Crippen LogP) is 0.0142. The SMILES string of the molecule is C=C1C(=O)O[C@H]2[C@H]1[C@H](OC(=O)/C(C)=C\C)C[C@@]1(CO1)[C@@H]1[C@H](O)[C@H]3O[C@@]3(C)[C@]21O. The first-order valence-electron chi connectivity index (χ1n) is 9.56. The molecule has 3 saturated heterocycles. The smallest absolute Gasteiger partial charge is 0.334 e. The van der Waals surface area contributed by atoms with Crippen LogP contribution < -0.4 is 0 Å². The van der Waals surface area contributed by atoms with Crippen LogP contribution in [0.15, 0.2) is 23.8 Å². The molecule has 1 spiro atoms. The minimum Gasteiger partial charge on any atom is -0.458 e. The Balaban J connectivity index is 1.61. The highest BCUT2D eigenvalue weighted by molar-refractivity contribution is 5.92. The van der Waals surface area contributed by atoms with Crippen LogP contribution in [-0.4, -0.2) is 70.0 Å². The van der Waals surface area contributed by atoms with Crippen LogP contribution in [0, 0.1) is 11.8 Å². The lowest BCUT2D eigenvalue weighted by Gasteiger charge is -2.41. The third-order valence-corrected chi connectivity index (χ3v) is 7.48. The number of hydrogen-bond donors (Lipinski definition) is 2. The Labute approximate surface area is 162 Å². The summed E-state index contributed by atoms with van der Waals surface area (Å²) >= 11 is 0. The van der Waals surface area contributed by atoms with E-state index >= 15 is 0 Å². The van der Waals surface area contributed by atoms with Crippen molar-refractivity contribution in [3.05, 3.63) is 23.8 Å². The van der Waals surface area contributed by atoms with Crippen LogP contribution in [0.1, 0.15) is 27.2 Å². The summed E-state index contributed by atoms with van der Waals surface area (Å²) in [6.07, 6.45) is -1.48. The van der Waals surface area contributed by atoms with Crippen molar-refractivity contribution < 1.29 is 38.7 Å². The quantitative estimate of drug-likeness (QED) is 0.383. The first-order chi connectivity index (χ1) is 13.1. The first-order valence-corrected chi connectivity index (χ1v) is 9.56. The molecule has 0 amide bonds. The molecule has 3 aliphatic heterocycles. The average Bonchev–Trinajstić information content (AvgIpc) is 3.53. The fourth-order valence-corrected chi connectivity index (χ4v) is 5.68. The summed E-state index contributed by atoms with van der Waals surface area (Å²) in [6, 6.07) is 0. The molecule has 2 saturated carbocycles. The van der Waals surface area contributed by atoms with Gasteiger partial charge >= 0.3 is 11.9 Å². The molecular weight excluding hydrogens is 368 g/mol. The molecule has 0 aromatic rings. The number of carbonyl (C=O) groups is 2. The Hall–Kier alpha value is -1.74. The van der Waals surface area contributed by atoms with Crippen LogP contribution >= 0.6 is 0 Å². The monoisotopic (exact) mass is 392 g/mol. The normalized spacial score (nSPS) is 53.8. The largest absolute Gasteiger partial charge is 0.458 e. The van der Waals surface area contributed by atoms with Gasteiger partial charge in [0.05, 0.1) is 24.5 Å². The van der Waals surface area contributed by atoms with Gasteiger partial charge in [0.1, 0.15) is 35.1 Å². The van der Waals surface area contributed by atoms with Crippen molar-refractivity contribution >= 4 is 11.9 Å². The molecule has 0 aromatic heterocycles. The summed E-state index contributed by atoms with van der Waals surface area (Å²) < 4.78 is 22.7. The molecule has 9 atom stereocenters. The van der Waals surface area contributed by atoms with Crippen LogP contribution in [0.3, 0.4) is 0 Å². The Morgan fingerprint density at radius 2 is 2.07 bits per heavy atom. The summed E-state index contributed by atoms with van der Waals surface area (Å²) in [5.74, 6) is -2.62. The van der Waals surface area contributed by atoms with E-state index < -0.39 is 65.0 Å². The second kappa shape index (κ2) is 5.24. The van der Waals surface area contributed by atoms with Crippen molar-refractivity contribution in [1.82, 2.24) is 0 Å². The van der Waals surface area contributed by atoms with Gasteiger partial charge in [-0.1, -0.05) is 12.7 Å². The number of rotatable bonds is 2. The van der Waals surface area contributed by atoms with E-state index in [1.807, 2.05) is 0 Å². The van der Waals surface area contributed by atoms with Gasteiger partial charge < -0.3 is 29.2 Å². The number of aliphatic hydroxyl groups excluding tert-OH is 1. The number of fused-ring (bicyclic) bond motifs is 6. The molecule has 2 N–H and O–H groups in total. The number of epoxide rings is 2. The van der Waals surface area contributed by atoms with Crippen molar-refractivity contribution in [2.24, 2.45) is 11.8 Å². The number of hydrogen-bond acceptors (Lipinski definition) is 8. The fraction of sp³-hybridized carbons (Fsp3) is 0.700. The first kappa shape index (κ1) is 18.3. The second-order valence-corrected chi connectivity index (χ2v) is 8.79. The lowest BCUT2D eigenvalue weighted by atomic mass is 9.71. The van der Waals surface area contributed by atoms with E-state index in [0.29, 0.717) is 12.2 Å². The lowest BCUT2D eigenvalue weighted by Crippen LogP contribution is -2.61. The molecule has 28 heavy (non-hydrogen) atoms. The minimum atomic E-state index is -1.68. The second-order valence-electron chi connectivity index (χ2n) is 8.79. The van der Waals surface area contributed by atoms with E-state index in [0.717, 1.165) is 0 Å². The Morgan fingerprint density at radius 1 is 1.39 bits per heavy atom. The topological polar surface area (TPSA) is 118 Å². The maximum absolute atomic E-state index is 12.5. The third kappa shape index (κ3) is 1.94. The van der Waals surface area contributed by atoms with E-state index in [4.69, 9.17) is 18.9 Å². The number of aliphatic hydroxyl groups is 2. The molecule has 8 nitrogen and oxygen atoms in total. The predicted molar refractivity (Wildman–Crippen MR) is 92.8 cm³/mol. The molecule has 5 fully saturated rings. The van der Waals surface area contributed by atoms with Crippen molar-refractivity contribution in [2.45, 2.75) is 68.4 Å². The van der Waals surface area contributed by atoms with Gasteiger partial charge in [0.2, 0.25) is 0 Å². The van der Waals surface area contributed by atoms with Crippen LogP contribution in [0.25, 0.3) is 0 Å². The minimum absolute atomic E-state index is 0.146. The van der Waals surface area contributed by atoms with Gasteiger partial charge in [0, 0.05) is 17.6 Å². The van der Waals surface area contributed by atoms with E-state index in [-0.39, 0.29) is 12.0 Å². The van der Waals surface area contributed by atoms with Crippen LogP contribution in [-0.2, 0) is 28.5 Å². The number of esters is 2. The zero-order valence-corrected chi connectivity index (χ0v) is 16.0. The Bertz CT molecular complexity index is 828. The lowest BCUT2D eigenvalue weighted by molar-refractivity contribution is -0.196. The van der Waals surface area contributed by atoms with Crippen LogP contribution in [0.4, 0.5) is 0 Å². The van der Waals surface area contributed by atoms with E-state index in [1.54, 1.807) is 26.8 Å². The van der Waals surface area contributed by atoms with Gasteiger partial charge in [0.25, 0.3) is 0 Å². The van der Waals surface area contributed by atoms with E-state index in [9.17, 15) is 19.8 Å². The van der Waals surface area contributed by atoms with Crippen molar-refractivity contribution in [3.63, 3.8) is 0 Å². The zero-order chi connectivity index (χ0) is 20.2. The van der Waals surface area contributed by atoms with Gasteiger partial charge in [0.15, 0.2) is 0 Å². The molecular formula is C20H24O8. The van der Waals surface area contributed by atoms with Crippen molar-refractivity contribution in [2.75, 3.05) is 6.61 Å².